The van der Waals surface area contributed by atoms with Gasteiger partial charge in [-0.15, -0.1) is 0 Å². The van der Waals surface area contributed by atoms with Gasteiger partial charge in [-0.3, -0.25) is 4.79 Å². The molecule has 34 heavy (non-hydrogen) atoms. The van der Waals surface area contributed by atoms with Gasteiger partial charge in [0.05, 0.1) is 24.4 Å². The van der Waals surface area contributed by atoms with E-state index in [1.165, 1.54) is 18.2 Å². The molecule has 0 unspecified atom stereocenters. The van der Waals surface area contributed by atoms with Gasteiger partial charge in [-0.1, -0.05) is 36.2 Å². The highest BCUT2D eigenvalue weighted by Crippen LogP contribution is 2.29. The molecule has 0 aliphatic heterocycles. The summed E-state index contributed by atoms with van der Waals surface area (Å²) in [6.07, 6.45) is 3.81. The van der Waals surface area contributed by atoms with Crippen LogP contribution in [0.3, 0.4) is 0 Å². The lowest BCUT2D eigenvalue weighted by molar-refractivity contribution is -0.128. The van der Waals surface area contributed by atoms with Crippen molar-refractivity contribution in [2.75, 3.05) is 19.0 Å². The number of benzene rings is 3. The number of hydrogen-bond acceptors (Lipinski definition) is 5. The predicted octanol–water partition coefficient (Wildman–Crippen LogP) is 6.66. The molecule has 3 rings (SSSR count). The van der Waals surface area contributed by atoms with Gasteiger partial charge in [0.2, 0.25) is 0 Å². The van der Waals surface area contributed by atoms with E-state index in [1.807, 2.05) is 13.0 Å². The van der Waals surface area contributed by atoms with Crippen LogP contribution in [0.4, 0.5) is 5.69 Å². The van der Waals surface area contributed by atoms with Gasteiger partial charge >= 0.3 is 5.97 Å². The van der Waals surface area contributed by atoms with Gasteiger partial charge < -0.3 is 19.5 Å². The Morgan fingerprint density at radius 2 is 1.74 bits per heavy atom. The lowest BCUT2D eigenvalue weighted by Gasteiger charge is -2.10. The summed E-state index contributed by atoms with van der Waals surface area (Å²) in [6, 6.07) is 16.3. The smallest absolute Gasteiger partial charge is 0.336 e. The van der Waals surface area contributed by atoms with E-state index in [4.69, 9.17) is 37.4 Å². The average Bonchev–Trinajstić information content (AvgIpc) is 2.84. The van der Waals surface area contributed by atoms with Crippen LogP contribution in [0.1, 0.15) is 29.3 Å². The third-order valence-corrected chi connectivity index (χ3v) is 5.14. The van der Waals surface area contributed by atoms with Crippen molar-refractivity contribution in [3.05, 3.63) is 87.9 Å². The molecule has 0 spiro atoms. The molecule has 0 aliphatic rings. The molecule has 0 heterocycles. The van der Waals surface area contributed by atoms with Crippen molar-refractivity contribution < 1.29 is 23.8 Å². The highest BCUT2D eigenvalue weighted by Gasteiger charge is 2.10. The Balaban J connectivity index is 1.59. The second kappa shape index (κ2) is 12.1. The zero-order valence-electron chi connectivity index (χ0n) is 18.6. The number of halogens is 2. The number of ether oxygens (including phenoxy) is 3. The number of anilines is 1. The van der Waals surface area contributed by atoms with Gasteiger partial charge in [0, 0.05) is 16.7 Å². The largest absolute Gasteiger partial charge is 0.493 e. The van der Waals surface area contributed by atoms with Crippen molar-refractivity contribution >= 4 is 46.8 Å². The van der Waals surface area contributed by atoms with E-state index in [0.29, 0.717) is 45.2 Å². The van der Waals surface area contributed by atoms with Crippen LogP contribution in [0.2, 0.25) is 10.0 Å². The molecule has 8 heteroatoms. The Hall–Kier alpha value is -3.48. The number of amides is 1. The molecule has 0 aliphatic carbocycles. The van der Waals surface area contributed by atoms with Crippen LogP contribution in [0.25, 0.3) is 6.08 Å². The fourth-order valence-corrected chi connectivity index (χ4v) is 3.23. The predicted molar refractivity (Wildman–Crippen MR) is 134 cm³/mol. The molecule has 6 nitrogen and oxygen atoms in total. The van der Waals surface area contributed by atoms with E-state index in [9.17, 15) is 9.59 Å². The number of carbonyl (C=O) groups is 2. The molecule has 0 bridgehead atoms. The zero-order chi connectivity index (χ0) is 24.5. The molecule has 1 amide bonds. The third kappa shape index (κ3) is 7.01. The molecule has 0 atom stereocenters. The minimum absolute atomic E-state index is 0.299. The van der Waals surface area contributed by atoms with Crippen molar-refractivity contribution in [3.8, 4) is 17.2 Å². The van der Waals surface area contributed by atoms with E-state index in [1.54, 1.807) is 55.7 Å². The molecule has 0 radical (unpaired) electrons. The first-order valence-corrected chi connectivity index (χ1v) is 11.2. The summed E-state index contributed by atoms with van der Waals surface area (Å²) >= 11 is 12.0. The van der Waals surface area contributed by atoms with Crippen LogP contribution in [0.5, 0.6) is 17.2 Å². The summed E-state index contributed by atoms with van der Waals surface area (Å²) in [7, 11) is 1.56. The summed E-state index contributed by atoms with van der Waals surface area (Å²) in [5.74, 6) is 0.589. The topological polar surface area (TPSA) is 73.9 Å². The number of rotatable bonds is 9. The summed E-state index contributed by atoms with van der Waals surface area (Å²) in [4.78, 5) is 24.7. The quantitative estimate of drug-likeness (QED) is 0.202. The molecular weight excluding hydrogens is 477 g/mol. The molecule has 0 saturated heterocycles. The maximum absolute atomic E-state index is 12.5. The summed E-state index contributed by atoms with van der Waals surface area (Å²) in [6.45, 7) is 2.61. The van der Waals surface area contributed by atoms with Gasteiger partial charge in [0.1, 0.15) is 5.75 Å². The van der Waals surface area contributed by atoms with E-state index in [0.717, 1.165) is 12.0 Å². The Labute approximate surface area is 208 Å². The molecule has 3 aromatic carbocycles. The number of carbonyl (C=O) groups excluding carboxylic acids is 2. The lowest BCUT2D eigenvalue weighted by atomic mass is 10.2. The number of esters is 1. The normalized spacial score (nSPS) is 10.7. The molecule has 0 aromatic heterocycles. The van der Waals surface area contributed by atoms with Crippen LogP contribution in [-0.2, 0) is 4.79 Å². The highest BCUT2D eigenvalue weighted by molar-refractivity contribution is 6.35. The number of methoxy groups -OCH3 is 1. The van der Waals surface area contributed by atoms with Gasteiger partial charge in [0.15, 0.2) is 11.5 Å². The maximum atomic E-state index is 12.5. The molecule has 3 aromatic rings. The minimum atomic E-state index is -0.562. The Morgan fingerprint density at radius 3 is 2.44 bits per heavy atom. The Kier molecular flexibility index (Phi) is 8.96. The maximum Gasteiger partial charge on any atom is 0.336 e. The fourth-order valence-electron chi connectivity index (χ4n) is 2.90. The van der Waals surface area contributed by atoms with Crippen LogP contribution in [0, 0.1) is 0 Å². The average molecular weight is 500 g/mol. The summed E-state index contributed by atoms with van der Waals surface area (Å²) in [5.41, 5.74) is 1.52. The van der Waals surface area contributed by atoms with Gasteiger partial charge in [0.25, 0.3) is 5.91 Å². The van der Waals surface area contributed by atoms with Crippen LogP contribution in [0.15, 0.2) is 66.7 Å². The summed E-state index contributed by atoms with van der Waals surface area (Å²) < 4.78 is 16.3. The van der Waals surface area contributed by atoms with Crippen molar-refractivity contribution in [1.29, 1.82) is 0 Å². The molecule has 0 saturated carbocycles. The van der Waals surface area contributed by atoms with Gasteiger partial charge in [-0.2, -0.15) is 0 Å². The van der Waals surface area contributed by atoms with Crippen molar-refractivity contribution in [2.45, 2.75) is 13.3 Å². The Bertz CT molecular complexity index is 1190. The number of hydrogen-bond donors (Lipinski definition) is 1. The Morgan fingerprint density at radius 1 is 0.971 bits per heavy atom. The van der Waals surface area contributed by atoms with E-state index >= 15 is 0 Å². The molecule has 1 N–H and O–H groups in total. The third-order valence-electron chi connectivity index (χ3n) is 4.57. The van der Waals surface area contributed by atoms with Gasteiger partial charge in [-0.05, 0) is 72.7 Å². The first kappa shape index (κ1) is 25.1. The monoisotopic (exact) mass is 499 g/mol. The van der Waals surface area contributed by atoms with Crippen molar-refractivity contribution in [2.24, 2.45) is 0 Å². The van der Waals surface area contributed by atoms with Crippen molar-refractivity contribution in [3.63, 3.8) is 0 Å². The zero-order valence-corrected chi connectivity index (χ0v) is 20.2. The number of nitrogens with one attached hydrogen (secondary N) is 1. The second-order valence-electron chi connectivity index (χ2n) is 7.12. The molecule has 0 fully saturated rings. The fraction of sp³-hybridized carbons (Fsp3) is 0.154. The first-order valence-electron chi connectivity index (χ1n) is 10.5. The molecular formula is C26H23Cl2NO5. The van der Waals surface area contributed by atoms with E-state index < -0.39 is 5.97 Å². The van der Waals surface area contributed by atoms with Gasteiger partial charge in [-0.25, -0.2) is 4.79 Å². The molecule has 176 valence electrons. The van der Waals surface area contributed by atoms with Crippen LogP contribution < -0.4 is 19.5 Å². The van der Waals surface area contributed by atoms with Crippen LogP contribution >= 0.6 is 23.2 Å². The highest BCUT2D eigenvalue weighted by atomic mass is 35.5. The lowest BCUT2D eigenvalue weighted by Crippen LogP contribution is -2.12. The van der Waals surface area contributed by atoms with E-state index in [-0.39, 0.29) is 5.91 Å². The standard InChI is InChI=1S/C26H23Cl2NO5/c1-3-14-33-23-12-4-17(15-24(23)32-2)5-13-25(30)34-20-9-6-18(7-10-20)26(31)29-22-16-19(27)8-11-21(22)28/h4-13,15-16H,3,14H2,1-2H3,(H,29,31)/b13-5+. The van der Waals surface area contributed by atoms with Crippen LogP contribution in [-0.4, -0.2) is 25.6 Å². The summed E-state index contributed by atoms with van der Waals surface area (Å²) in [5, 5.41) is 3.52. The minimum Gasteiger partial charge on any atom is -0.493 e. The van der Waals surface area contributed by atoms with Crippen molar-refractivity contribution in [1.82, 2.24) is 0 Å². The SMILES string of the molecule is CCCOc1ccc(/C=C/C(=O)Oc2ccc(C(=O)Nc3cc(Cl)ccc3Cl)cc2)cc1OC. The first-order chi connectivity index (χ1) is 16.4. The van der Waals surface area contributed by atoms with E-state index in [2.05, 4.69) is 5.32 Å². The second-order valence-corrected chi connectivity index (χ2v) is 7.96.